The number of nitrogens with zero attached hydrogens (tertiary/aromatic N) is 1. The first-order valence-electron chi connectivity index (χ1n) is 11.9. The zero-order valence-corrected chi connectivity index (χ0v) is 21.4. The summed E-state index contributed by atoms with van der Waals surface area (Å²) in [6.45, 7) is 10.5. The van der Waals surface area contributed by atoms with Crippen LogP contribution in [0.4, 0.5) is 0 Å². The second kappa shape index (κ2) is 13.2. The van der Waals surface area contributed by atoms with Gasteiger partial charge >= 0.3 is 0 Å². The summed E-state index contributed by atoms with van der Waals surface area (Å²) in [4.78, 5) is 5.76. The molecule has 0 aliphatic rings. The molecule has 3 rings (SSSR count). The summed E-state index contributed by atoms with van der Waals surface area (Å²) in [6, 6.07) is 22.2. The van der Waals surface area contributed by atoms with Crippen molar-refractivity contribution in [3.8, 4) is 5.75 Å². The van der Waals surface area contributed by atoms with E-state index in [9.17, 15) is 0 Å². The predicted octanol–water partition coefficient (Wildman–Crippen LogP) is 7.41. The highest BCUT2D eigenvalue weighted by Crippen LogP contribution is 2.26. The van der Waals surface area contributed by atoms with Crippen LogP contribution >= 0.6 is 11.6 Å². The SMILES string of the molecule is CCCCNCc1ccc(/C(C)=N/OCC(Oc2ccc(C)c(C)c2)c2cccc(Cl)c2)cc1. The Balaban J connectivity index is 1.65. The van der Waals surface area contributed by atoms with Gasteiger partial charge in [-0.3, -0.25) is 0 Å². The van der Waals surface area contributed by atoms with Crippen LogP contribution in [-0.4, -0.2) is 18.9 Å². The summed E-state index contributed by atoms with van der Waals surface area (Å²) in [7, 11) is 0. The van der Waals surface area contributed by atoms with E-state index >= 15 is 0 Å². The first kappa shape index (κ1) is 25.8. The Morgan fingerprint density at radius 2 is 1.79 bits per heavy atom. The second-order valence-electron chi connectivity index (χ2n) is 8.61. The lowest BCUT2D eigenvalue weighted by atomic mass is 10.1. The highest BCUT2D eigenvalue weighted by atomic mass is 35.5. The molecular weight excluding hydrogens is 444 g/mol. The number of hydrogen-bond donors (Lipinski definition) is 1. The van der Waals surface area contributed by atoms with E-state index < -0.39 is 0 Å². The van der Waals surface area contributed by atoms with Gasteiger partial charge in [0.25, 0.3) is 0 Å². The number of rotatable bonds is 12. The highest BCUT2D eigenvalue weighted by molar-refractivity contribution is 6.30. The van der Waals surface area contributed by atoms with Crippen LogP contribution in [0.25, 0.3) is 0 Å². The minimum atomic E-state index is -0.339. The van der Waals surface area contributed by atoms with Crippen LogP contribution < -0.4 is 10.1 Å². The maximum absolute atomic E-state index is 6.29. The highest BCUT2D eigenvalue weighted by Gasteiger charge is 2.16. The minimum Gasteiger partial charge on any atom is -0.482 e. The number of nitrogens with one attached hydrogen (secondary N) is 1. The van der Waals surface area contributed by atoms with Crippen molar-refractivity contribution in [3.63, 3.8) is 0 Å². The lowest BCUT2D eigenvalue weighted by Gasteiger charge is -2.19. The average molecular weight is 479 g/mol. The van der Waals surface area contributed by atoms with Gasteiger partial charge in [0.15, 0.2) is 12.7 Å². The van der Waals surface area contributed by atoms with Crippen LogP contribution in [0.3, 0.4) is 0 Å². The van der Waals surface area contributed by atoms with Gasteiger partial charge in [0.05, 0.1) is 5.71 Å². The molecule has 3 aromatic rings. The van der Waals surface area contributed by atoms with Gasteiger partial charge in [-0.1, -0.05) is 72.6 Å². The Labute approximate surface area is 208 Å². The number of benzene rings is 3. The van der Waals surface area contributed by atoms with Crippen LogP contribution in [-0.2, 0) is 11.4 Å². The molecule has 1 atom stereocenters. The van der Waals surface area contributed by atoms with Crippen molar-refractivity contribution in [2.24, 2.45) is 5.16 Å². The molecule has 0 amide bonds. The third-order valence-electron chi connectivity index (χ3n) is 5.81. The molecule has 4 nitrogen and oxygen atoms in total. The second-order valence-corrected chi connectivity index (χ2v) is 9.04. The van der Waals surface area contributed by atoms with E-state index in [4.69, 9.17) is 21.2 Å². The zero-order valence-electron chi connectivity index (χ0n) is 20.6. The van der Waals surface area contributed by atoms with Crippen LogP contribution in [0, 0.1) is 13.8 Å². The first-order valence-corrected chi connectivity index (χ1v) is 12.3. The van der Waals surface area contributed by atoms with Gasteiger partial charge in [0, 0.05) is 11.6 Å². The van der Waals surface area contributed by atoms with Crippen molar-refractivity contribution in [3.05, 3.63) is 99.6 Å². The molecule has 1 N–H and O–H groups in total. The van der Waals surface area contributed by atoms with E-state index in [1.165, 1.54) is 29.5 Å². The standard InChI is InChI=1S/C29H35ClN2O2/c1-5-6-16-31-19-24-11-13-25(14-12-24)23(4)32-33-20-29(26-8-7-9-27(30)18-26)34-28-15-10-21(2)22(3)17-28/h7-15,17-18,29,31H,5-6,16,19-20H2,1-4H3/b32-23+. The summed E-state index contributed by atoms with van der Waals surface area (Å²) < 4.78 is 6.29. The summed E-state index contributed by atoms with van der Waals surface area (Å²) in [5.74, 6) is 0.792. The number of oxime groups is 1. The van der Waals surface area contributed by atoms with E-state index in [1.807, 2.05) is 43.3 Å². The molecular formula is C29H35ClN2O2. The van der Waals surface area contributed by atoms with E-state index in [-0.39, 0.29) is 12.7 Å². The molecule has 0 spiro atoms. The molecule has 0 aliphatic carbocycles. The Hall–Kier alpha value is -2.82. The van der Waals surface area contributed by atoms with Gasteiger partial charge in [0.1, 0.15) is 5.75 Å². The van der Waals surface area contributed by atoms with E-state index in [2.05, 4.69) is 61.6 Å². The topological polar surface area (TPSA) is 42.9 Å². The fraction of sp³-hybridized carbons (Fsp3) is 0.345. The molecule has 0 radical (unpaired) electrons. The number of unbranched alkanes of at least 4 members (excludes halogenated alkanes) is 1. The fourth-order valence-corrected chi connectivity index (χ4v) is 3.71. The Morgan fingerprint density at radius 3 is 2.50 bits per heavy atom. The smallest absolute Gasteiger partial charge is 0.160 e. The van der Waals surface area contributed by atoms with Gasteiger partial charge in [-0.15, -0.1) is 0 Å². The lowest BCUT2D eigenvalue weighted by Crippen LogP contribution is -2.14. The largest absolute Gasteiger partial charge is 0.482 e. The van der Waals surface area contributed by atoms with Gasteiger partial charge in [0.2, 0.25) is 0 Å². The lowest BCUT2D eigenvalue weighted by molar-refractivity contribution is 0.0533. The molecule has 5 heteroatoms. The average Bonchev–Trinajstić information content (AvgIpc) is 2.84. The van der Waals surface area contributed by atoms with E-state index in [0.29, 0.717) is 5.02 Å². The molecule has 0 bridgehead atoms. The van der Waals surface area contributed by atoms with Crippen molar-refractivity contribution in [1.82, 2.24) is 5.32 Å². The van der Waals surface area contributed by atoms with Crippen molar-refractivity contribution < 1.29 is 9.57 Å². The quantitative estimate of drug-likeness (QED) is 0.167. The van der Waals surface area contributed by atoms with Crippen molar-refractivity contribution in [2.75, 3.05) is 13.2 Å². The molecule has 0 aromatic heterocycles. The fourth-order valence-electron chi connectivity index (χ4n) is 3.51. The van der Waals surface area contributed by atoms with Crippen molar-refractivity contribution in [2.45, 2.75) is 53.2 Å². The van der Waals surface area contributed by atoms with Crippen molar-refractivity contribution >= 4 is 17.3 Å². The monoisotopic (exact) mass is 478 g/mol. The molecule has 180 valence electrons. The maximum atomic E-state index is 6.29. The molecule has 34 heavy (non-hydrogen) atoms. The summed E-state index contributed by atoms with van der Waals surface area (Å²) >= 11 is 6.23. The predicted molar refractivity (Wildman–Crippen MR) is 142 cm³/mol. The molecule has 3 aromatic carbocycles. The van der Waals surface area contributed by atoms with Crippen LogP contribution in [0.15, 0.2) is 71.9 Å². The molecule has 0 heterocycles. The van der Waals surface area contributed by atoms with Crippen LogP contribution in [0.1, 0.15) is 60.6 Å². The van der Waals surface area contributed by atoms with E-state index in [0.717, 1.165) is 35.7 Å². The van der Waals surface area contributed by atoms with Gasteiger partial charge in [-0.05, 0) is 85.8 Å². The van der Waals surface area contributed by atoms with Crippen LogP contribution in [0.2, 0.25) is 5.02 Å². The zero-order chi connectivity index (χ0) is 24.3. The van der Waals surface area contributed by atoms with Crippen LogP contribution in [0.5, 0.6) is 5.75 Å². The molecule has 1 unspecified atom stereocenters. The molecule has 0 aliphatic heterocycles. The van der Waals surface area contributed by atoms with Gasteiger partial charge in [-0.25, -0.2) is 0 Å². The Morgan fingerprint density at radius 1 is 1.00 bits per heavy atom. The Bertz CT molecular complexity index is 1080. The summed E-state index contributed by atoms with van der Waals surface area (Å²) in [6.07, 6.45) is 2.06. The summed E-state index contributed by atoms with van der Waals surface area (Å²) in [5.41, 5.74) is 6.47. The number of halogens is 1. The van der Waals surface area contributed by atoms with Gasteiger partial charge in [-0.2, -0.15) is 0 Å². The van der Waals surface area contributed by atoms with Gasteiger partial charge < -0.3 is 14.9 Å². The third-order valence-corrected chi connectivity index (χ3v) is 6.05. The molecule has 0 saturated heterocycles. The minimum absolute atomic E-state index is 0.268. The third kappa shape index (κ3) is 7.89. The first-order chi connectivity index (χ1) is 16.5. The Kier molecular flexibility index (Phi) is 9.99. The number of hydrogen-bond acceptors (Lipinski definition) is 4. The molecule has 0 fully saturated rings. The van der Waals surface area contributed by atoms with Crippen molar-refractivity contribution in [1.29, 1.82) is 0 Å². The van der Waals surface area contributed by atoms with E-state index in [1.54, 1.807) is 0 Å². The normalized spacial score (nSPS) is 12.4. The number of aryl methyl sites for hydroxylation is 2. The number of ether oxygens (including phenoxy) is 1. The summed E-state index contributed by atoms with van der Waals surface area (Å²) in [5, 5.41) is 8.49. The maximum Gasteiger partial charge on any atom is 0.160 e. The molecule has 0 saturated carbocycles.